The van der Waals surface area contributed by atoms with E-state index in [9.17, 15) is 9.59 Å². The van der Waals surface area contributed by atoms with Crippen LogP contribution in [0.25, 0.3) is 12.2 Å². The Kier molecular flexibility index (Phi) is 10.8. The molecule has 12 heteroatoms. The van der Waals surface area contributed by atoms with E-state index in [0.29, 0.717) is 11.5 Å². The zero-order valence-electron chi connectivity index (χ0n) is 20.7. The van der Waals surface area contributed by atoms with Crippen molar-refractivity contribution in [1.82, 2.24) is 10.6 Å². The Morgan fingerprint density at radius 3 is 1.38 bits per heavy atom. The second kappa shape index (κ2) is 14.9. The van der Waals surface area contributed by atoms with Gasteiger partial charge in [0.1, 0.15) is 11.5 Å². The van der Waals surface area contributed by atoms with Gasteiger partial charge in [-0.25, -0.2) is 0 Å². The maximum absolute atomic E-state index is 12.0. The van der Waals surface area contributed by atoms with Gasteiger partial charge in [0.25, 0.3) is 0 Å². The van der Waals surface area contributed by atoms with Crippen molar-refractivity contribution in [2.75, 3.05) is 10.6 Å². The van der Waals surface area contributed by atoms with Crippen LogP contribution in [0.3, 0.4) is 0 Å². The normalized spacial score (nSPS) is 10.9. The maximum Gasteiger partial charge on any atom is 0.250 e. The summed E-state index contributed by atoms with van der Waals surface area (Å²) in [5.41, 5.74) is 1.51. The van der Waals surface area contributed by atoms with Gasteiger partial charge in [-0.05, 0) is 109 Å². The van der Waals surface area contributed by atoms with E-state index in [4.69, 9.17) is 33.3 Å². The van der Waals surface area contributed by atoms with Crippen LogP contribution in [0.15, 0.2) is 116 Å². The number of hydrogen-bond acceptors (Lipinski definition) is 8. The molecule has 0 aliphatic carbocycles. The average molecular weight is 607 g/mol. The molecule has 0 unspecified atom stereocenters. The molecule has 2 amide bonds. The van der Waals surface area contributed by atoms with Gasteiger partial charge in [0.15, 0.2) is 10.2 Å². The summed E-state index contributed by atoms with van der Waals surface area (Å²) >= 11 is 10.4. The van der Waals surface area contributed by atoms with E-state index < -0.39 is 0 Å². The minimum atomic E-state index is -0.358. The topological polar surface area (TPSA) is 109 Å². The second-order valence-corrected chi connectivity index (χ2v) is 10.9. The number of carbonyl (C=O) groups excluding carboxylic acids is 2. The molecule has 0 atom stereocenters. The third-order valence-corrected chi connectivity index (χ3v) is 7.64. The minimum absolute atomic E-state index is 0.196. The number of amides is 2. The van der Waals surface area contributed by atoms with Crippen LogP contribution in [-0.4, -0.2) is 22.0 Å². The molecule has 0 aliphatic rings. The van der Waals surface area contributed by atoms with Crippen LogP contribution in [0.2, 0.25) is 0 Å². The van der Waals surface area contributed by atoms with Crippen LogP contribution in [0.4, 0.5) is 11.4 Å². The first kappa shape index (κ1) is 28.9. The Bertz CT molecular complexity index is 1380. The number of thiocarbonyl (C=S) groups is 2. The van der Waals surface area contributed by atoms with Crippen LogP contribution in [0.5, 0.6) is 0 Å². The summed E-state index contributed by atoms with van der Waals surface area (Å²) < 4.78 is 10.3. The highest BCUT2D eigenvalue weighted by atomic mass is 33.1. The predicted octanol–water partition coefficient (Wildman–Crippen LogP) is 6.72. The molecule has 0 bridgehead atoms. The van der Waals surface area contributed by atoms with Crippen molar-refractivity contribution in [2.24, 2.45) is 0 Å². The first-order valence-electron chi connectivity index (χ1n) is 11.6. The number of carbonyl (C=O) groups is 2. The molecule has 0 fully saturated rings. The van der Waals surface area contributed by atoms with Gasteiger partial charge in [-0.2, -0.15) is 0 Å². The third-order valence-electron chi connectivity index (χ3n) is 4.82. The molecule has 2 aromatic heterocycles. The standard InChI is InChI=1S/C28H22N4O4S4/c33-25(15-9-21-3-1-17-35-21)31-27(37)29-19-5-11-23(12-6-19)39-40-24-13-7-20(8-14-24)30-28(38)32-26(34)16-10-22-4-2-18-36-22/h1-18H,(H2,29,31,33,37)(H2,30,32,34,38)/b15-9+,16-10?. The SMILES string of the molecule is O=C(C=Cc1ccco1)NC(=S)Nc1ccc(SSc2ccc(NC(=S)NC(=O)/C=C/c3ccco3)cc2)cc1. The molecule has 4 N–H and O–H groups in total. The number of anilines is 2. The van der Waals surface area contributed by atoms with E-state index in [0.717, 1.165) is 21.2 Å². The van der Waals surface area contributed by atoms with Gasteiger partial charge in [0.2, 0.25) is 11.8 Å². The van der Waals surface area contributed by atoms with Gasteiger partial charge in [0.05, 0.1) is 12.5 Å². The van der Waals surface area contributed by atoms with Gasteiger partial charge >= 0.3 is 0 Å². The van der Waals surface area contributed by atoms with E-state index in [-0.39, 0.29) is 22.0 Å². The van der Waals surface area contributed by atoms with Crippen LogP contribution in [-0.2, 0) is 9.59 Å². The highest BCUT2D eigenvalue weighted by Crippen LogP contribution is 2.38. The van der Waals surface area contributed by atoms with E-state index in [2.05, 4.69) is 21.3 Å². The largest absolute Gasteiger partial charge is 0.465 e. The highest BCUT2D eigenvalue weighted by Gasteiger charge is 2.05. The zero-order chi connectivity index (χ0) is 28.2. The molecule has 4 rings (SSSR count). The lowest BCUT2D eigenvalue weighted by atomic mass is 10.3. The van der Waals surface area contributed by atoms with Gasteiger partial charge in [0, 0.05) is 33.3 Å². The molecule has 0 spiro atoms. The van der Waals surface area contributed by atoms with E-state index in [1.54, 1.807) is 58.0 Å². The number of nitrogens with one attached hydrogen (secondary N) is 4. The third kappa shape index (κ3) is 9.89. The second-order valence-electron chi connectivity index (χ2n) is 7.80. The van der Waals surface area contributed by atoms with Crippen LogP contribution >= 0.6 is 46.0 Å². The molecule has 0 radical (unpaired) electrons. The molecular formula is C28H22N4O4S4. The van der Waals surface area contributed by atoms with E-state index >= 15 is 0 Å². The summed E-state index contributed by atoms with van der Waals surface area (Å²) in [7, 11) is 3.20. The Labute approximate surface area is 249 Å². The monoisotopic (exact) mass is 606 g/mol. The summed E-state index contributed by atoms with van der Waals surface area (Å²) in [6, 6.07) is 22.3. The Morgan fingerprint density at radius 1 is 0.625 bits per heavy atom. The quantitative estimate of drug-likeness (QED) is 0.0931. The number of rotatable bonds is 9. The fourth-order valence-corrected chi connectivity index (χ4v) is 5.37. The van der Waals surface area contributed by atoms with Crippen LogP contribution in [0.1, 0.15) is 11.5 Å². The molecule has 0 aliphatic heterocycles. The summed E-state index contributed by atoms with van der Waals surface area (Å²) in [5, 5.41) is 11.6. The van der Waals surface area contributed by atoms with Gasteiger partial charge in [-0.3, -0.25) is 20.2 Å². The fraction of sp³-hybridized carbons (Fsp3) is 0. The van der Waals surface area contributed by atoms with Crippen LogP contribution < -0.4 is 21.3 Å². The van der Waals surface area contributed by atoms with Gasteiger partial charge in [-0.15, -0.1) is 0 Å². The van der Waals surface area contributed by atoms with Crippen molar-refractivity contribution >= 4 is 91.6 Å². The van der Waals surface area contributed by atoms with E-state index in [1.807, 2.05) is 48.5 Å². The average Bonchev–Trinajstić information content (AvgIpc) is 3.66. The van der Waals surface area contributed by atoms with Crippen molar-refractivity contribution in [3.8, 4) is 0 Å². The fourth-order valence-electron chi connectivity index (χ4n) is 3.00. The molecule has 0 saturated heterocycles. The molecule has 202 valence electrons. The maximum atomic E-state index is 12.0. The zero-order valence-corrected chi connectivity index (χ0v) is 23.9. The van der Waals surface area contributed by atoms with Crippen LogP contribution in [0, 0.1) is 0 Å². The lowest BCUT2D eigenvalue weighted by Crippen LogP contribution is -2.32. The number of hydrogen-bond donors (Lipinski definition) is 4. The Balaban J connectivity index is 1.17. The molecular weight excluding hydrogens is 585 g/mol. The molecule has 4 aromatic rings. The lowest BCUT2D eigenvalue weighted by Gasteiger charge is -2.10. The number of benzene rings is 2. The summed E-state index contributed by atoms with van der Waals surface area (Å²) in [5.74, 6) is 0.438. The smallest absolute Gasteiger partial charge is 0.250 e. The van der Waals surface area contributed by atoms with Crippen molar-refractivity contribution in [3.63, 3.8) is 0 Å². The van der Waals surface area contributed by atoms with Crippen molar-refractivity contribution in [1.29, 1.82) is 0 Å². The van der Waals surface area contributed by atoms with Crippen molar-refractivity contribution in [2.45, 2.75) is 9.79 Å². The van der Waals surface area contributed by atoms with Crippen molar-refractivity contribution < 1.29 is 18.4 Å². The summed E-state index contributed by atoms with van der Waals surface area (Å²) in [4.78, 5) is 26.1. The first-order valence-corrected chi connectivity index (χ1v) is 14.6. The molecule has 0 saturated carbocycles. The molecule has 2 heterocycles. The molecule has 2 aromatic carbocycles. The van der Waals surface area contributed by atoms with Gasteiger partial charge < -0.3 is 19.5 Å². The lowest BCUT2D eigenvalue weighted by molar-refractivity contribution is -0.115. The van der Waals surface area contributed by atoms with E-state index in [1.165, 1.54) is 24.7 Å². The summed E-state index contributed by atoms with van der Waals surface area (Å²) in [6.45, 7) is 0. The first-order chi connectivity index (χ1) is 19.4. The number of furan rings is 2. The molecule has 40 heavy (non-hydrogen) atoms. The van der Waals surface area contributed by atoms with Crippen molar-refractivity contribution in [3.05, 3.63) is 109 Å². The highest BCUT2D eigenvalue weighted by molar-refractivity contribution is 8.76. The minimum Gasteiger partial charge on any atom is -0.465 e. The Hall–Kier alpha value is -4.10. The Morgan fingerprint density at radius 2 is 1.02 bits per heavy atom. The van der Waals surface area contributed by atoms with Gasteiger partial charge in [-0.1, -0.05) is 21.6 Å². The predicted molar refractivity (Wildman–Crippen MR) is 169 cm³/mol. The summed E-state index contributed by atoms with van der Waals surface area (Å²) in [6.07, 6.45) is 8.88. The molecule has 8 nitrogen and oxygen atoms in total.